The van der Waals surface area contributed by atoms with Gasteiger partial charge in [-0.05, 0) is 36.4 Å². The van der Waals surface area contributed by atoms with Crippen molar-refractivity contribution in [1.82, 2.24) is 14.8 Å². The van der Waals surface area contributed by atoms with Gasteiger partial charge in [0.05, 0.1) is 16.5 Å². The number of aromatic nitrogens is 3. The molecule has 0 bridgehead atoms. The summed E-state index contributed by atoms with van der Waals surface area (Å²) in [6, 6.07) is 24.9. The Bertz CT molecular complexity index is 1170. The lowest BCUT2D eigenvalue weighted by Crippen LogP contribution is -2.14. The fraction of sp³-hybridized carbons (Fsp3) is 0.0455. The molecule has 1 aromatic heterocycles. The zero-order valence-electron chi connectivity index (χ0n) is 15.6. The van der Waals surface area contributed by atoms with E-state index in [-0.39, 0.29) is 11.7 Å². The van der Waals surface area contributed by atoms with Gasteiger partial charge in [-0.3, -0.25) is 9.36 Å². The maximum atomic E-state index is 12.4. The average molecular weight is 500 g/mol. The Morgan fingerprint density at radius 3 is 2.40 bits per heavy atom. The molecule has 0 aliphatic carbocycles. The predicted molar refractivity (Wildman–Crippen MR) is 125 cm³/mol. The molecule has 0 unspecified atom stereocenters. The number of carbonyl (C=O) groups is 1. The minimum absolute atomic E-state index is 0.166. The fourth-order valence-corrected chi connectivity index (χ4v) is 4.04. The monoisotopic (exact) mass is 498 g/mol. The Morgan fingerprint density at radius 2 is 1.67 bits per heavy atom. The smallest absolute Gasteiger partial charge is 0.234 e. The van der Waals surface area contributed by atoms with Crippen molar-refractivity contribution in [2.24, 2.45) is 0 Å². The van der Waals surface area contributed by atoms with Crippen molar-refractivity contribution < 1.29 is 4.79 Å². The van der Waals surface area contributed by atoms with Gasteiger partial charge in [-0.15, -0.1) is 10.2 Å². The van der Waals surface area contributed by atoms with Gasteiger partial charge in [0, 0.05) is 15.7 Å². The van der Waals surface area contributed by atoms with Gasteiger partial charge in [0.25, 0.3) is 0 Å². The lowest BCUT2D eigenvalue weighted by Gasteiger charge is -2.11. The van der Waals surface area contributed by atoms with Crippen molar-refractivity contribution in [1.29, 1.82) is 0 Å². The molecular formula is C22H16BrClN4OS. The van der Waals surface area contributed by atoms with Crippen molar-refractivity contribution in [3.8, 4) is 17.1 Å². The van der Waals surface area contributed by atoms with E-state index < -0.39 is 0 Å². The number of nitrogens with one attached hydrogen (secondary N) is 1. The van der Waals surface area contributed by atoms with E-state index in [4.69, 9.17) is 11.6 Å². The van der Waals surface area contributed by atoms with Crippen LogP contribution in [-0.4, -0.2) is 26.4 Å². The Morgan fingerprint density at radius 1 is 0.967 bits per heavy atom. The molecule has 0 radical (unpaired) electrons. The van der Waals surface area contributed by atoms with Crippen molar-refractivity contribution >= 4 is 50.9 Å². The van der Waals surface area contributed by atoms with Gasteiger partial charge < -0.3 is 5.32 Å². The Kier molecular flexibility index (Phi) is 6.52. The second-order valence-electron chi connectivity index (χ2n) is 6.30. The predicted octanol–water partition coefficient (Wildman–Crippen LogP) is 6.08. The quantitative estimate of drug-likeness (QED) is 0.327. The second-order valence-corrected chi connectivity index (χ2v) is 8.57. The third-order valence-electron chi connectivity index (χ3n) is 4.23. The first-order valence-corrected chi connectivity index (χ1v) is 11.2. The summed E-state index contributed by atoms with van der Waals surface area (Å²) < 4.78 is 2.94. The molecular weight excluding hydrogens is 484 g/mol. The molecule has 1 heterocycles. The van der Waals surface area contributed by atoms with Crippen LogP contribution in [0.15, 0.2) is 88.5 Å². The van der Waals surface area contributed by atoms with Gasteiger partial charge in [-0.1, -0.05) is 81.8 Å². The average Bonchev–Trinajstić information content (AvgIpc) is 3.19. The number of carbonyl (C=O) groups excluding carboxylic acids is 1. The summed E-state index contributed by atoms with van der Waals surface area (Å²) in [6.45, 7) is 0. The minimum Gasteiger partial charge on any atom is -0.324 e. The maximum Gasteiger partial charge on any atom is 0.234 e. The standard InChI is InChI=1S/C22H16BrClN4OS/c23-16-12-10-15(11-13-16)21-26-27-22(28(21)17-6-2-1-3-7-17)30-14-20(29)25-19-9-5-4-8-18(19)24/h1-13H,14H2,(H,25,29). The van der Waals surface area contributed by atoms with Crippen LogP contribution in [0, 0.1) is 0 Å². The van der Waals surface area contributed by atoms with Gasteiger partial charge >= 0.3 is 0 Å². The van der Waals surface area contributed by atoms with E-state index in [1.165, 1.54) is 11.8 Å². The van der Waals surface area contributed by atoms with E-state index in [9.17, 15) is 4.79 Å². The van der Waals surface area contributed by atoms with Crippen LogP contribution in [0.1, 0.15) is 0 Å². The van der Waals surface area contributed by atoms with Gasteiger partial charge in [-0.2, -0.15) is 0 Å². The molecule has 0 atom stereocenters. The zero-order valence-corrected chi connectivity index (χ0v) is 18.8. The first-order chi connectivity index (χ1) is 14.6. The van der Waals surface area contributed by atoms with Crippen LogP contribution in [0.25, 0.3) is 17.1 Å². The summed E-state index contributed by atoms with van der Waals surface area (Å²) in [6.07, 6.45) is 0. The summed E-state index contributed by atoms with van der Waals surface area (Å²) >= 11 is 10.9. The summed E-state index contributed by atoms with van der Waals surface area (Å²) in [5.41, 5.74) is 2.45. The number of hydrogen-bond donors (Lipinski definition) is 1. The third kappa shape index (κ3) is 4.75. The van der Waals surface area contributed by atoms with Crippen molar-refractivity contribution in [2.45, 2.75) is 5.16 Å². The lowest BCUT2D eigenvalue weighted by atomic mass is 10.2. The van der Waals surface area contributed by atoms with E-state index in [0.29, 0.717) is 21.7 Å². The largest absolute Gasteiger partial charge is 0.324 e. The SMILES string of the molecule is O=C(CSc1nnc(-c2ccc(Br)cc2)n1-c1ccccc1)Nc1ccccc1Cl. The first-order valence-electron chi connectivity index (χ1n) is 9.06. The third-order valence-corrected chi connectivity index (χ3v) is 6.02. The summed E-state index contributed by atoms with van der Waals surface area (Å²) in [5.74, 6) is 0.722. The number of nitrogens with zero attached hydrogens (tertiary/aromatic N) is 3. The van der Waals surface area contributed by atoms with E-state index in [1.807, 2.05) is 71.3 Å². The first kappa shape index (κ1) is 20.7. The highest BCUT2D eigenvalue weighted by atomic mass is 79.9. The van der Waals surface area contributed by atoms with E-state index in [1.54, 1.807) is 12.1 Å². The Hall–Kier alpha value is -2.61. The maximum absolute atomic E-state index is 12.4. The molecule has 1 amide bonds. The molecule has 0 saturated heterocycles. The van der Waals surface area contributed by atoms with Gasteiger partial charge in [0.1, 0.15) is 0 Å². The molecule has 4 aromatic rings. The van der Waals surface area contributed by atoms with Crippen LogP contribution < -0.4 is 5.32 Å². The molecule has 30 heavy (non-hydrogen) atoms. The van der Waals surface area contributed by atoms with Gasteiger partial charge in [0.15, 0.2) is 11.0 Å². The molecule has 1 N–H and O–H groups in total. The molecule has 8 heteroatoms. The van der Waals surface area contributed by atoms with Gasteiger partial charge in [-0.25, -0.2) is 0 Å². The van der Waals surface area contributed by atoms with Crippen LogP contribution in [0.5, 0.6) is 0 Å². The fourth-order valence-electron chi connectivity index (χ4n) is 2.84. The molecule has 0 spiro atoms. The van der Waals surface area contributed by atoms with E-state index in [0.717, 1.165) is 15.7 Å². The number of benzene rings is 3. The molecule has 150 valence electrons. The zero-order chi connectivity index (χ0) is 20.9. The molecule has 3 aromatic carbocycles. The highest BCUT2D eigenvalue weighted by molar-refractivity contribution is 9.10. The molecule has 0 aliphatic rings. The number of anilines is 1. The molecule has 0 aliphatic heterocycles. The molecule has 0 saturated carbocycles. The van der Waals surface area contributed by atoms with Crippen LogP contribution in [0.3, 0.4) is 0 Å². The molecule has 4 rings (SSSR count). The number of para-hydroxylation sites is 2. The highest BCUT2D eigenvalue weighted by Gasteiger charge is 2.17. The highest BCUT2D eigenvalue weighted by Crippen LogP contribution is 2.29. The van der Waals surface area contributed by atoms with E-state index in [2.05, 4.69) is 31.4 Å². The number of hydrogen-bond acceptors (Lipinski definition) is 4. The Labute approximate surface area is 191 Å². The number of amides is 1. The minimum atomic E-state index is -0.166. The van der Waals surface area contributed by atoms with Crippen LogP contribution in [-0.2, 0) is 4.79 Å². The number of halogens is 2. The normalized spacial score (nSPS) is 10.7. The topological polar surface area (TPSA) is 59.8 Å². The van der Waals surface area contributed by atoms with Gasteiger partial charge in [0.2, 0.25) is 5.91 Å². The summed E-state index contributed by atoms with van der Waals surface area (Å²) in [4.78, 5) is 12.4. The number of rotatable bonds is 6. The number of thioether (sulfide) groups is 1. The Balaban J connectivity index is 1.59. The molecule has 5 nitrogen and oxygen atoms in total. The van der Waals surface area contributed by atoms with Crippen LogP contribution in [0.4, 0.5) is 5.69 Å². The summed E-state index contributed by atoms with van der Waals surface area (Å²) in [5, 5.41) is 12.7. The lowest BCUT2D eigenvalue weighted by molar-refractivity contribution is -0.113. The molecule has 0 fully saturated rings. The van der Waals surface area contributed by atoms with Crippen molar-refractivity contribution in [3.63, 3.8) is 0 Å². The summed E-state index contributed by atoms with van der Waals surface area (Å²) in [7, 11) is 0. The van der Waals surface area contributed by atoms with Crippen molar-refractivity contribution in [3.05, 3.63) is 88.4 Å². The van der Waals surface area contributed by atoms with E-state index >= 15 is 0 Å². The second kappa shape index (κ2) is 9.47. The van der Waals surface area contributed by atoms with Crippen LogP contribution >= 0.6 is 39.3 Å². The van der Waals surface area contributed by atoms with Crippen molar-refractivity contribution in [2.75, 3.05) is 11.1 Å². The van der Waals surface area contributed by atoms with Crippen LogP contribution in [0.2, 0.25) is 5.02 Å².